The first-order valence-electron chi connectivity index (χ1n) is 6.80. The lowest BCUT2D eigenvalue weighted by atomic mass is 9.99. The Morgan fingerprint density at radius 3 is 2.30 bits per heavy atom. The average Bonchev–Trinajstić information content (AvgIpc) is 2.50. The van der Waals surface area contributed by atoms with E-state index in [-0.39, 0.29) is 0 Å². The molecule has 20 heavy (non-hydrogen) atoms. The molecule has 0 bridgehead atoms. The molecule has 106 valence electrons. The lowest BCUT2D eigenvalue weighted by Gasteiger charge is -2.15. The van der Waals surface area contributed by atoms with Gasteiger partial charge in [0.25, 0.3) is 0 Å². The van der Waals surface area contributed by atoms with Gasteiger partial charge >= 0.3 is 0 Å². The summed E-state index contributed by atoms with van der Waals surface area (Å²) in [6.07, 6.45) is 1.07. The van der Waals surface area contributed by atoms with Gasteiger partial charge in [-0.2, -0.15) is 0 Å². The Morgan fingerprint density at radius 1 is 1.10 bits per heavy atom. The van der Waals surface area contributed by atoms with Crippen molar-refractivity contribution >= 4 is 11.6 Å². The fourth-order valence-corrected chi connectivity index (χ4v) is 2.55. The maximum atomic E-state index is 6.05. The topological polar surface area (TPSA) is 21.3 Å². The van der Waals surface area contributed by atoms with E-state index in [0.29, 0.717) is 16.8 Å². The van der Waals surface area contributed by atoms with Gasteiger partial charge in [0.2, 0.25) is 0 Å². The van der Waals surface area contributed by atoms with E-state index in [1.807, 2.05) is 25.2 Å². The first-order chi connectivity index (χ1) is 9.69. The molecule has 0 aliphatic rings. The molecule has 0 aliphatic carbocycles. The minimum atomic E-state index is 0.406. The molecule has 0 fully saturated rings. The molecule has 0 amide bonds. The summed E-state index contributed by atoms with van der Waals surface area (Å²) in [6, 6.07) is 14.9. The van der Waals surface area contributed by atoms with Crippen LogP contribution in [0.2, 0.25) is 5.02 Å². The van der Waals surface area contributed by atoms with Crippen LogP contribution in [0, 0.1) is 0 Å². The smallest absolute Gasteiger partial charge is 0.138 e. The third-order valence-electron chi connectivity index (χ3n) is 3.55. The SMILES string of the molecule is CCC(NC)c1ccc(-c2ccc(Cl)c(OC)c2)cc1. The second kappa shape index (κ2) is 6.78. The monoisotopic (exact) mass is 289 g/mol. The van der Waals surface area contributed by atoms with Crippen LogP contribution >= 0.6 is 11.6 Å². The van der Waals surface area contributed by atoms with Gasteiger partial charge in [-0.25, -0.2) is 0 Å². The largest absolute Gasteiger partial charge is 0.495 e. The van der Waals surface area contributed by atoms with Crippen LogP contribution < -0.4 is 10.1 Å². The van der Waals surface area contributed by atoms with Crippen molar-refractivity contribution < 1.29 is 4.74 Å². The first kappa shape index (κ1) is 14.9. The Bertz CT molecular complexity index is 562. The van der Waals surface area contributed by atoms with Crippen LogP contribution in [0.25, 0.3) is 11.1 Å². The highest BCUT2D eigenvalue weighted by Gasteiger charge is 2.07. The highest BCUT2D eigenvalue weighted by Crippen LogP contribution is 2.31. The molecule has 2 nitrogen and oxygen atoms in total. The number of rotatable bonds is 5. The molecule has 2 aromatic carbocycles. The summed E-state index contributed by atoms with van der Waals surface area (Å²) in [6.45, 7) is 2.18. The number of hydrogen-bond donors (Lipinski definition) is 1. The Kier molecular flexibility index (Phi) is 5.05. The van der Waals surface area contributed by atoms with Crippen molar-refractivity contribution in [2.75, 3.05) is 14.2 Å². The van der Waals surface area contributed by atoms with Crippen molar-refractivity contribution in [1.82, 2.24) is 5.32 Å². The summed E-state index contributed by atoms with van der Waals surface area (Å²) in [7, 11) is 3.62. The van der Waals surface area contributed by atoms with E-state index in [1.54, 1.807) is 7.11 Å². The summed E-state index contributed by atoms with van der Waals surface area (Å²) in [4.78, 5) is 0. The highest BCUT2D eigenvalue weighted by molar-refractivity contribution is 6.32. The van der Waals surface area contributed by atoms with Gasteiger partial charge in [0.1, 0.15) is 5.75 Å². The van der Waals surface area contributed by atoms with Crippen molar-refractivity contribution in [3.8, 4) is 16.9 Å². The Hall–Kier alpha value is -1.51. The number of halogens is 1. The van der Waals surface area contributed by atoms with Crippen molar-refractivity contribution in [3.05, 3.63) is 53.1 Å². The van der Waals surface area contributed by atoms with Gasteiger partial charge in [-0.1, -0.05) is 48.9 Å². The molecule has 0 saturated heterocycles. The predicted molar refractivity (Wildman–Crippen MR) is 85.5 cm³/mol. The van der Waals surface area contributed by atoms with Crippen molar-refractivity contribution in [3.63, 3.8) is 0 Å². The lowest BCUT2D eigenvalue weighted by molar-refractivity contribution is 0.415. The van der Waals surface area contributed by atoms with Crippen LogP contribution in [0.3, 0.4) is 0 Å². The van der Waals surface area contributed by atoms with E-state index in [4.69, 9.17) is 16.3 Å². The van der Waals surface area contributed by atoms with E-state index < -0.39 is 0 Å². The van der Waals surface area contributed by atoms with Gasteiger partial charge in [0.05, 0.1) is 12.1 Å². The third kappa shape index (κ3) is 3.14. The van der Waals surface area contributed by atoms with Crippen molar-refractivity contribution in [2.24, 2.45) is 0 Å². The zero-order valence-electron chi connectivity index (χ0n) is 12.1. The number of ether oxygens (including phenoxy) is 1. The Balaban J connectivity index is 2.30. The van der Waals surface area contributed by atoms with E-state index in [1.165, 1.54) is 5.56 Å². The molecule has 0 radical (unpaired) electrons. The van der Waals surface area contributed by atoms with E-state index >= 15 is 0 Å². The maximum Gasteiger partial charge on any atom is 0.138 e. The Morgan fingerprint density at radius 2 is 1.75 bits per heavy atom. The van der Waals surface area contributed by atoms with Crippen LogP contribution in [0.1, 0.15) is 24.9 Å². The molecular formula is C17H20ClNO. The first-order valence-corrected chi connectivity index (χ1v) is 7.18. The fourth-order valence-electron chi connectivity index (χ4n) is 2.35. The second-order valence-electron chi connectivity index (χ2n) is 4.72. The summed E-state index contributed by atoms with van der Waals surface area (Å²) >= 11 is 6.05. The maximum absolute atomic E-state index is 6.05. The van der Waals surface area contributed by atoms with E-state index in [9.17, 15) is 0 Å². The molecule has 1 unspecified atom stereocenters. The molecule has 1 N–H and O–H groups in total. The van der Waals surface area contributed by atoms with Gasteiger partial charge in [-0.3, -0.25) is 0 Å². The number of benzene rings is 2. The standard InChI is InChI=1S/C17H20ClNO/c1-4-16(19-2)13-7-5-12(6-8-13)14-9-10-15(18)17(11-14)20-3/h5-11,16,19H,4H2,1-3H3. The van der Waals surface area contributed by atoms with Crippen LogP contribution in [-0.4, -0.2) is 14.2 Å². The number of hydrogen-bond acceptors (Lipinski definition) is 2. The van der Waals surface area contributed by atoms with E-state index in [0.717, 1.165) is 17.5 Å². The van der Waals surface area contributed by atoms with Crippen molar-refractivity contribution in [1.29, 1.82) is 0 Å². The van der Waals surface area contributed by atoms with Gasteiger partial charge in [-0.05, 0) is 42.3 Å². The molecule has 0 spiro atoms. The molecule has 1 atom stereocenters. The summed E-state index contributed by atoms with van der Waals surface area (Å²) in [5.74, 6) is 0.704. The van der Waals surface area contributed by atoms with Crippen LogP contribution in [-0.2, 0) is 0 Å². The number of nitrogens with one attached hydrogen (secondary N) is 1. The summed E-state index contributed by atoms with van der Waals surface area (Å²) < 4.78 is 5.26. The third-order valence-corrected chi connectivity index (χ3v) is 3.87. The molecule has 0 aliphatic heterocycles. The van der Waals surface area contributed by atoms with Gasteiger partial charge in [0, 0.05) is 6.04 Å². The zero-order chi connectivity index (χ0) is 14.5. The van der Waals surface area contributed by atoms with Gasteiger partial charge < -0.3 is 10.1 Å². The minimum Gasteiger partial charge on any atom is -0.495 e. The molecule has 3 heteroatoms. The molecule has 0 aromatic heterocycles. The molecular weight excluding hydrogens is 270 g/mol. The Labute approximate surface area is 125 Å². The molecule has 0 heterocycles. The fraction of sp³-hybridized carbons (Fsp3) is 0.294. The van der Waals surface area contributed by atoms with Crippen molar-refractivity contribution in [2.45, 2.75) is 19.4 Å². The number of methoxy groups -OCH3 is 1. The normalized spacial score (nSPS) is 12.2. The summed E-state index contributed by atoms with van der Waals surface area (Å²) in [5, 5.41) is 3.95. The molecule has 2 aromatic rings. The van der Waals surface area contributed by atoms with Gasteiger partial charge in [-0.15, -0.1) is 0 Å². The quantitative estimate of drug-likeness (QED) is 0.862. The zero-order valence-corrected chi connectivity index (χ0v) is 12.9. The van der Waals surface area contributed by atoms with Crippen LogP contribution in [0.15, 0.2) is 42.5 Å². The molecule has 2 rings (SSSR count). The molecule has 0 saturated carbocycles. The van der Waals surface area contributed by atoms with Gasteiger partial charge in [0.15, 0.2) is 0 Å². The second-order valence-corrected chi connectivity index (χ2v) is 5.13. The van der Waals surface area contributed by atoms with Crippen LogP contribution in [0.4, 0.5) is 0 Å². The highest BCUT2D eigenvalue weighted by atomic mass is 35.5. The predicted octanol–water partition coefficient (Wildman–Crippen LogP) is 4.69. The minimum absolute atomic E-state index is 0.406. The average molecular weight is 290 g/mol. The lowest BCUT2D eigenvalue weighted by Crippen LogP contribution is -2.14. The van der Waals surface area contributed by atoms with E-state index in [2.05, 4.69) is 36.5 Å². The summed E-state index contributed by atoms with van der Waals surface area (Å²) in [5.41, 5.74) is 3.57. The van der Waals surface area contributed by atoms with Crippen LogP contribution in [0.5, 0.6) is 5.75 Å².